The van der Waals surface area contributed by atoms with Crippen LogP contribution in [0, 0.1) is 0 Å². The van der Waals surface area contributed by atoms with E-state index in [1.807, 2.05) is 0 Å². The van der Waals surface area contributed by atoms with Gasteiger partial charge in [0.25, 0.3) is 5.91 Å². The van der Waals surface area contributed by atoms with Crippen LogP contribution in [0.5, 0.6) is 0 Å². The number of ketones is 1. The zero-order valence-electron chi connectivity index (χ0n) is 10.2. The fourth-order valence-electron chi connectivity index (χ4n) is 1.66. The Balaban J connectivity index is 2.33. The highest BCUT2D eigenvalue weighted by Gasteiger charge is 2.18. The monoisotopic (exact) mass is 255 g/mol. The van der Waals surface area contributed by atoms with Crippen molar-refractivity contribution in [1.29, 1.82) is 0 Å². The molecule has 1 aromatic heterocycles. The zero-order chi connectivity index (χ0) is 13.7. The molecule has 0 aliphatic heterocycles. The predicted molar refractivity (Wildman–Crippen MR) is 71.0 cm³/mol. The smallest absolute Gasteiger partial charge is 0.252 e. The summed E-state index contributed by atoms with van der Waals surface area (Å²) in [6, 6.07) is 6.63. The molecule has 0 saturated heterocycles. The van der Waals surface area contributed by atoms with Gasteiger partial charge in [-0.05, 0) is 6.07 Å². The molecule has 0 aliphatic rings. The highest BCUT2D eigenvalue weighted by molar-refractivity contribution is 6.13. The minimum Gasteiger partial charge on any atom is -0.349 e. The van der Waals surface area contributed by atoms with Crippen molar-refractivity contribution < 1.29 is 9.59 Å². The lowest BCUT2D eigenvalue weighted by Gasteiger charge is -2.07. The van der Waals surface area contributed by atoms with Gasteiger partial charge in [-0.25, -0.2) is 4.98 Å². The number of imidazole rings is 1. The first-order valence-corrected chi connectivity index (χ1v) is 5.76. The average Bonchev–Trinajstić information content (AvgIpc) is 2.98. The summed E-state index contributed by atoms with van der Waals surface area (Å²) in [7, 11) is 0. The number of nitrogens with one attached hydrogen (secondary N) is 2. The quantitative estimate of drug-likeness (QED) is 0.629. The summed E-state index contributed by atoms with van der Waals surface area (Å²) < 4.78 is 0. The van der Waals surface area contributed by atoms with Gasteiger partial charge in [-0.1, -0.05) is 24.3 Å². The third-order valence-corrected chi connectivity index (χ3v) is 2.54. The molecule has 2 aromatic rings. The summed E-state index contributed by atoms with van der Waals surface area (Å²) in [5.41, 5.74) is 0.643. The van der Waals surface area contributed by atoms with Crippen molar-refractivity contribution >= 4 is 11.7 Å². The molecule has 2 rings (SSSR count). The van der Waals surface area contributed by atoms with Crippen molar-refractivity contribution in [3.05, 3.63) is 66.3 Å². The predicted octanol–water partition coefficient (Wildman–Crippen LogP) is 1.56. The maximum absolute atomic E-state index is 12.2. The van der Waals surface area contributed by atoms with Crippen molar-refractivity contribution in [3.63, 3.8) is 0 Å². The topological polar surface area (TPSA) is 74.8 Å². The van der Waals surface area contributed by atoms with E-state index in [1.165, 1.54) is 6.20 Å². The summed E-state index contributed by atoms with van der Waals surface area (Å²) in [6.07, 6.45) is 4.64. The molecule has 0 atom stereocenters. The SMILES string of the molecule is C=CCNC(=O)c1ccccc1C(=O)c1ncc[nH]1. The molecule has 0 spiro atoms. The molecule has 0 radical (unpaired) electrons. The first kappa shape index (κ1) is 12.8. The molecular weight excluding hydrogens is 242 g/mol. The Kier molecular flexibility index (Phi) is 3.87. The van der Waals surface area contributed by atoms with Gasteiger partial charge >= 0.3 is 0 Å². The standard InChI is InChI=1S/C14H13N3O2/c1-2-7-17-14(19)11-6-4-3-5-10(11)12(18)13-15-8-9-16-13/h2-6,8-9H,1,7H2,(H,15,16)(H,17,19). The van der Waals surface area contributed by atoms with Gasteiger partial charge in [-0.2, -0.15) is 0 Å². The number of aromatic nitrogens is 2. The molecule has 0 saturated carbocycles. The second kappa shape index (κ2) is 5.77. The molecule has 1 amide bonds. The van der Waals surface area contributed by atoms with Crippen LogP contribution in [-0.2, 0) is 0 Å². The van der Waals surface area contributed by atoms with E-state index in [9.17, 15) is 9.59 Å². The van der Waals surface area contributed by atoms with Crippen molar-refractivity contribution in [1.82, 2.24) is 15.3 Å². The Hall–Kier alpha value is -2.69. The van der Waals surface area contributed by atoms with Gasteiger partial charge in [0.05, 0.1) is 5.56 Å². The summed E-state index contributed by atoms with van der Waals surface area (Å²) in [4.78, 5) is 30.8. The fourth-order valence-corrected chi connectivity index (χ4v) is 1.66. The van der Waals surface area contributed by atoms with E-state index < -0.39 is 0 Å². The first-order chi connectivity index (χ1) is 9.24. The minimum atomic E-state index is -0.311. The summed E-state index contributed by atoms with van der Waals surface area (Å²) in [5, 5.41) is 2.65. The molecule has 1 aromatic carbocycles. The Labute approximate surface area is 110 Å². The van der Waals surface area contributed by atoms with Gasteiger partial charge in [-0.15, -0.1) is 6.58 Å². The van der Waals surface area contributed by atoms with E-state index in [0.29, 0.717) is 17.7 Å². The van der Waals surface area contributed by atoms with Crippen LogP contribution in [0.15, 0.2) is 49.3 Å². The normalized spacial score (nSPS) is 9.89. The molecule has 5 nitrogen and oxygen atoms in total. The van der Waals surface area contributed by atoms with Crippen LogP contribution >= 0.6 is 0 Å². The number of amides is 1. The second-order valence-corrected chi connectivity index (χ2v) is 3.81. The molecular formula is C14H13N3O2. The Morgan fingerprint density at radius 3 is 2.68 bits per heavy atom. The van der Waals surface area contributed by atoms with E-state index >= 15 is 0 Å². The van der Waals surface area contributed by atoms with E-state index in [4.69, 9.17) is 0 Å². The zero-order valence-corrected chi connectivity index (χ0v) is 10.2. The van der Waals surface area contributed by atoms with E-state index in [2.05, 4.69) is 21.9 Å². The molecule has 96 valence electrons. The maximum Gasteiger partial charge on any atom is 0.252 e. The maximum atomic E-state index is 12.2. The third kappa shape index (κ3) is 2.77. The molecule has 0 aliphatic carbocycles. The van der Waals surface area contributed by atoms with Crippen LogP contribution in [-0.4, -0.2) is 28.2 Å². The van der Waals surface area contributed by atoms with Gasteiger partial charge in [-0.3, -0.25) is 9.59 Å². The van der Waals surface area contributed by atoms with Crippen LogP contribution < -0.4 is 5.32 Å². The molecule has 19 heavy (non-hydrogen) atoms. The van der Waals surface area contributed by atoms with Crippen LogP contribution in [0.2, 0.25) is 0 Å². The van der Waals surface area contributed by atoms with Crippen molar-refractivity contribution in [2.75, 3.05) is 6.54 Å². The van der Waals surface area contributed by atoms with Gasteiger partial charge in [0, 0.05) is 24.5 Å². The van der Waals surface area contributed by atoms with Crippen LogP contribution in [0.25, 0.3) is 0 Å². The van der Waals surface area contributed by atoms with Crippen molar-refractivity contribution in [2.24, 2.45) is 0 Å². The summed E-state index contributed by atoms with van der Waals surface area (Å²) in [6.45, 7) is 3.88. The van der Waals surface area contributed by atoms with E-state index in [1.54, 1.807) is 36.5 Å². The Morgan fingerprint density at radius 1 is 1.32 bits per heavy atom. The number of benzene rings is 1. The number of H-pyrrole nitrogens is 1. The van der Waals surface area contributed by atoms with Gasteiger partial charge in [0.1, 0.15) is 0 Å². The average molecular weight is 255 g/mol. The third-order valence-electron chi connectivity index (χ3n) is 2.54. The van der Waals surface area contributed by atoms with E-state index in [-0.39, 0.29) is 17.5 Å². The molecule has 5 heteroatoms. The van der Waals surface area contributed by atoms with Crippen LogP contribution in [0.4, 0.5) is 0 Å². The summed E-state index contributed by atoms with van der Waals surface area (Å²) in [5.74, 6) is -0.409. The lowest BCUT2D eigenvalue weighted by atomic mass is 10.0. The lowest BCUT2D eigenvalue weighted by molar-refractivity contribution is 0.0945. The molecule has 0 fully saturated rings. The largest absolute Gasteiger partial charge is 0.349 e. The number of nitrogens with zero attached hydrogens (tertiary/aromatic N) is 1. The number of rotatable bonds is 5. The lowest BCUT2D eigenvalue weighted by Crippen LogP contribution is -2.25. The highest BCUT2D eigenvalue weighted by Crippen LogP contribution is 2.12. The van der Waals surface area contributed by atoms with Crippen molar-refractivity contribution in [3.8, 4) is 0 Å². The van der Waals surface area contributed by atoms with Crippen LogP contribution in [0.1, 0.15) is 26.5 Å². The fraction of sp³-hybridized carbons (Fsp3) is 0.0714. The Morgan fingerprint density at radius 2 is 2.05 bits per heavy atom. The van der Waals surface area contributed by atoms with Gasteiger partial charge in [0.15, 0.2) is 5.82 Å². The molecule has 1 heterocycles. The van der Waals surface area contributed by atoms with Crippen molar-refractivity contribution in [2.45, 2.75) is 0 Å². The van der Waals surface area contributed by atoms with Gasteiger partial charge < -0.3 is 10.3 Å². The van der Waals surface area contributed by atoms with Crippen LogP contribution in [0.3, 0.4) is 0 Å². The number of hydrogen-bond donors (Lipinski definition) is 2. The molecule has 0 bridgehead atoms. The molecule has 0 unspecified atom stereocenters. The summed E-state index contributed by atoms with van der Waals surface area (Å²) >= 11 is 0. The number of carbonyl (C=O) groups excluding carboxylic acids is 2. The second-order valence-electron chi connectivity index (χ2n) is 3.81. The number of carbonyl (C=O) groups is 2. The first-order valence-electron chi connectivity index (χ1n) is 5.76. The minimum absolute atomic E-state index is 0.212. The number of hydrogen-bond acceptors (Lipinski definition) is 3. The molecule has 2 N–H and O–H groups in total. The highest BCUT2D eigenvalue weighted by atomic mass is 16.2. The number of aromatic amines is 1. The van der Waals surface area contributed by atoms with E-state index in [0.717, 1.165) is 0 Å². The Bertz CT molecular complexity index is 603. The van der Waals surface area contributed by atoms with Gasteiger partial charge in [0.2, 0.25) is 5.78 Å².